The van der Waals surface area contributed by atoms with Gasteiger partial charge in [-0.3, -0.25) is 0 Å². The average Bonchev–Trinajstić information content (AvgIpc) is 2.89. The number of hydrogen-bond acceptors (Lipinski definition) is 2. The molecule has 21 heavy (non-hydrogen) atoms. The second-order valence-corrected chi connectivity index (χ2v) is 6.08. The molecule has 108 valence electrons. The fourth-order valence-corrected chi connectivity index (χ4v) is 3.63. The monoisotopic (exact) mass is 303 g/mol. The molecule has 3 rings (SSSR count). The Labute approximate surface area is 126 Å². The van der Waals surface area contributed by atoms with Crippen LogP contribution in [0.15, 0.2) is 48.5 Å². The second-order valence-electron chi connectivity index (χ2n) is 4.97. The first kappa shape index (κ1) is 14.2. The first-order chi connectivity index (χ1) is 10.2. The van der Waals surface area contributed by atoms with Crippen molar-refractivity contribution < 1.29 is 8.78 Å². The second kappa shape index (κ2) is 5.92. The zero-order valence-electron chi connectivity index (χ0n) is 11.6. The van der Waals surface area contributed by atoms with E-state index in [1.165, 1.54) is 12.1 Å². The van der Waals surface area contributed by atoms with Gasteiger partial charge in [0.1, 0.15) is 11.6 Å². The van der Waals surface area contributed by atoms with E-state index in [-0.39, 0.29) is 17.7 Å². The number of hydrogen-bond donors (Lipinski definition) is 1. The minimum atomic E-state index is -0.231. The van der Waals surface area contributed by atoms with Crippen LogP contribution in [0.3, 0.4) is 0 Å². The van der Waals surface area contributed by atoms with Crippen molar-refractivity contribution in [3.8, 4) is 0 Å². The molecule has 0 fully saturated rings. The number of benzene rings is 2. The summed E-state index contributed by atoms with van der Waals surface area (Å²) in [7, 11) is 1.86. The predicted octanol–water partition coefficient (Wildman–Crippen LogP) is 4.68. The summed E-state index contributed by atoms with van der Waals surface area (Å²) >= 11 is 1.54. The Morgan fingerprint density at radius 3 is 2.67 bits per heavy atom. The van der Waals surface area contributed by atoms with E-state index < -0.39 is 0 Å². The van der Waals surface area contributed by atoms with E-state index in [4.69, 9.17) is 0 Å². The molecule has 0 saturated carbocycles. The Morgan fingerprint density at radius 2 is 1.90 bits per heavy atom. The van der Waals surface area contributed by atoms with E-state index in [2.05, 4.69) is 5.32 Å². The first-order valence-corrected chi connectivity index (χ1v) is 7.58. The van der Waals surface area contributed by atoms with E-state index in [0.717, 1.165) is 15.0 Å². The molecule has 1 N–H and O–H groups in total. The average molecular weight is 303 g/mol. The van der Waals surface area contributed by atoms with Gasteiger partial charge in [0.25, 0.3) is 0 Å². The third-order valence-electron chi connectivity index (χ3n) is 3.57. The molecule has 0 aliphatic heterocycles. The number of halogens is 2. The van der Waals surface area contributed by atoms with Gasteiger partial charge in [-0.15, -0.1) is 11.3 Å². The molecule has 1 heterocycles. The smallest absolute Gasteiger partial charge is 0.126 e. The third kappa shape index (κ3) is 2.96. The Hall–Kier alpha value is -1.78. The van der Waals surface area contributed by atoms with Gasteiger partial charge in [0.15, 0.2) is 0 Å². The third-order valence-corrected chi connectivity index (χ3v) is 4.79. The van der Waals surface area contributed by atoms with Crippen LogP contribution in [0.2, 0.25) is 0 Å². The lowest BCUT2D eigenvalue weighted by Crippen LogP contribution is -2.18. The van der Waals surface area contributed by atoms with E-state index in [9.17, 15) is 8.78 Å². The van der Waals surface area contributed by atoms with Crippen molar-refractivity contribution in [2.45, 2.75) is 12.5 Å². The van der Waals surface area contributed by atoms with E-state index in [0.29, 0.717) is 12.0 Å². The Balaban J connectivity index is 1.93. The normalized spacial score (nSPS) is 12.7. The molecule has 3 aromatic rings. The fraction of sp³-hybridized carbons (Fsp3) is 0.176. The lowest BCUT2D eigenvalue weighted by molar-refractivity contribution is 0.560. The highest BCUT2D eigenvalue weighted by Gasteiger charge is 2.15. The summed E-state index contributed by atoms with van der Waals surface area (Å²) in [5.74, 6) is -0.420. The number of rotatable bonds is 4. The molecule has 0 amide bonds. The van der Waals surface area contributed by atoms with Gasteiger partial charge in [-0.25, -0.2) is 8.78 Å². The molecule has 1 unspecified atom stereocenters. The van der Waals surface area contributed by atoms with Crippen LogP contribution < -0.4 is 5.32 Å². The molecule has 0 aliphatic rings. The van der Waals surface area contributed by atoms with Crippen molar-refractivity contribution in [3.05, 3.63) is 70.6 Å². The molecule has 0 saturated heterocycles. The topological polar surface area (TPSA) is 12.0 Å². The van der Waals surface area contributed by atoms with E-state index >= 15 is 0 Å². The predicted molar refractivity (Wildman–Crippen MR) is 83.7 cm³/mol. The molecular formula is C17H15F2NS. The largest absolute Gasteiger partial charge is 0.312 e. The van der Waals surface area contributed by atoms with Crippen molar-refractivity contribution >= 4 is 21.4 Å². The lowest BCUT2D eigenvalue weighted by atomic mass is 10.0. The van der Waals surface area contributed by atoms with Crippen LogP contribution in [0.4, 0.5) is 8.78 Å². The Bertz CT molecular complexity index is 766. The summed E-state index contributed by atoms with van der Waals surface area (Å²) in [5.41, 5.74) is 0.681. The van der Waals surface area contributed by atoms with Crippen LogP contribution in [-0.4, -0.2) is 7.05 Å². The highest BCUT2D eigenvalue weighted by molar-refractivity contribution is 7.19. The standard InChI is InChI=1S/C17H15F2NS/c1-20-15(8-11-4-2-3-5-14(11)19)17-9-12-6-7-13(18)10-16(12)21-17/h2-7,9-10,15,20H,8H2,1H3. The summed E-state index contributed by atoms with van der Waals surface area (Å²) in [6, 6.07) is 13.6. The van der Waals surface area contributed by atoms with Crippen LogP contribution >= 0.6 is 11.3 Å². The SMILES string of the molecule is CNC(Cc1ccccc1F)c1cc2ccc(F)cc2s1. The molecule has 0 aliphatic carbocycles. The number of fused-ring (bicyclic) bond motifs is 1. The van der Waals surface area contributed by atoms with Crippen LogP contribution in [0.5, 0.6) is 0 Å². The molecule has 0 radical (unpaired) electrons. The van der Waals surface area contributed by atoms with E-state index in [1.807, 2.05) is 19.2 Å². The summed E-state index contributed by atoms with van der Waals surface area (Å²) in [5, 5.41) is 4.24. The summed E-state index contributed by atoms with van der Waals surface area (Å²) in [6.45, 7) is 0. The van der Waals surface area contributed by atoms with Gasteiger partial charge >= 0.3 is 0 Å². The van der Waals surface area contributed by atoms with Crippen molar-refractivity contribution in [1.29, 1.82) is 0 Å². The molecule has 1 aromatic heterocycles. The van der Waals surface area contributed by atoms with Crippen molar-refractivity contribution in [2.24, 2.45) is 0 Å². The quantitative estimate of drug-likeness (QED) is 0.738. The van der Waals surface area contributed by atoms with Crippen LogP contribution in [0.25, 0.3) is 10.1 Å². The summed E-state index contributed by atoms with van der Waals surface area (Å²) < 4.78 is 28.0. The summed E-state index contributed by atoms with van der Waals surface area (Å²) in [6.07, 6.45) is 0.568. The maximum atomic E-state index is 13.8. The van der Waals surface area contributed by atoms with Gasteiger partial charge in [0, 0.05) is 15.6 Å². The van der Waals surface area contributed by atoms with Gasteiger partial charge < -0.3 is 5.32 Å². The summed E-state index contributed by atoms with van der Waals surface area (Å²) in [4.78, 5) is 1.08. The number of thiophene rings is 1. The minimum absolute atomic E-state index is 0.0161. The molecule has 0 bridgehead atoms. The van der Waals surface area contributed by atoms with Crippen LogP contribution in [-0.2, 0) is 6.42 Å². The van der Waals surface area contributed by atoms with Crippen molar-refractivity contribution in [2.75, 3.05) is 7.05 Å². The Kier molecular flexibility index (Phi) is 3.99. The fourth-order valence-electron chi connectivity index (χ4n) is 2.43. The number of likely N-dealkylation sites (N-methyl/N-ethyl adjacent to an activating group) is 1. The first-order valence-electron chi connectivity index (χ1n) is 6.77. The zero-order valence-corrected chi connectivity index (χ0v) is 12.4. The Morgan fingerprint density at radius 1 is 1.10 bits per heavy atom. The molecule has 2 aromatic carbocycles. The van der Waals surface area contributed by atoms with Crippen molar-refractivity contribution in [3.63, 3.8) is 0 Å². The highest BCUT2D eigenvalue weighted by Crippen LogP contribution is 2.32. The number of nitrogens with one attached hydrogen (secondary N) is 1. The van der Waals surface area contributed by atoms with Gasteiger partial charge in [-0.1, -0.05) is 24.3 Å². The molecule has 1 atom stereocenters. The van der Waals surface area contributed by atoms with Gasteiger partial charge in [0.05, 0.1) is 0 Å². The van der Waals surface area contributed by atoms with Crippen LogP contribution in [0.1, 0.15) is 16.5 Å². The highest BCUT2D eigenvalue weighted by atomic mass is 32.1. The molecule has 4 heteroatoms. The van der Waals surface area contributed by atoms with Gasteiger partial charge in [-0.05, 0) is 48.7 Å². The maximum Gasteiger partial charge on any atom is 0.126 e. The van der Waals surface area contributed by atoms with Gasteiger partial charge in [0.2, 0.25) is 0 Å². The van der Waals surface area contributed by atoms with Crippen LogP contribution in [0, 0.1) is 11.6 Å². The molecule has 1 nitrogen and oxygen atoms in total. The zero-order chi connectivity index (χ0) is 14.8. The molecular weight excluding hydrogens is 288 g/mol. The minimum Gasteiger partial charge on any atom is -0.312 e. The lowest BCUT2D eigenvalue weighted by Gasteiger charge is -2.14. The van der Waals surface area contributed by atoms with E-state index in [1.54, 1.807) is 35.6 Å². The van der Waals surface area contributed by atoms with Crippen molar-refractivity contribution in [1.82, 2.24) is 5.32 Å². The maximum absolute atomic E-state index is 13.8. The molecule has 0 spiro atoms. The van der Waals surface area contributed by atoms with Gasteiger partial charge in [-0.2, -0.15) is 0 Å².